The van der Waals surface area contributed by atoms with Gasteiger partial charge in [0.05, 0.1) is 13.2 Å². The number of aliphatic hydroxyl groups excluding tert-OH is 3. The zero-order chi connectivity index (χ0) is 19.0. The van der Waals surface area contributed by atoms with E-state index in [-0.39, 0.29) is 13.2 Å². The fourth-order valence-corrected chi connectivity index (χ4v) is 3.26. The predicted octanol–water partition coefficient (Wildman–Crippen LogP) is 3.35. The standard InChI is InChI=1S/C21H40O5/c1-2-3-4-5-6-7-8-9-10-11-12-13-14-15-25-21-19(16-22)26-17-18(23)20(21)24/h4-5,18-24H,2-3,6-17H2,1H3/b5-4+/t18-,19+,20+,21+/m0/s1. The molecule has 1 saturated heterocycles. The molecule has 0 aromatic carbocycles. The molecule has 0 aliphatic carbocycles. The van der Waals surface area contributed by atoms with E-state index in [9.17, 15) is 15.3 Å². The van der Waals surface area contributed by atoms with Crippen LogP contribution in [0, 0.1) is 0 Å². The van der Waals surface area contributed by atoms with E-state index in [4.69, 9.17) is 9.47 Å². The van der Waals surface area contributed by atoms with Crippen molar-refractivity contribution in [3.63, 3.8) is 0 Å². The van der Waals surface area contributed by atoms with E-state index < -0.39 is 24.4 Å². The number of hydrogen-bond donors (Lipinski definition) is 3. The monoisotopic (exact) mass is 372 g/mol. The van der Waals surface area contributed by atoms with E-state index >= 15 is 0 Å². The van der Waals surface area contributed by atoms with Crippen LogP contribution in [0.15, 0.2) is 12.2 Å². The van der Waals surface area contributed by atoms with E-state index in [1.807, 2.05) is 0 Å². The van der Waals surface area contributed by atoms with Crippen molar-refractivity contribution < 1.29 is 24.8 Å². The number of hydrogen-bond acceptors (Lipinski definition) is 5. The van der Waals surface area contributed by atoms with Gasteiger partial charge in [-0.2, -0.15) is 0 Å². The van der Waals surface area contributed by atoms with Crippen molar-refractivity contribution in [2.75, 3.05) is 19.8 Å². The van der Waals surface area contributed by atoms with E-state index in [0.717, 1.165) is 12.8 Å². The zero-order valence-corrected chi connectivity index (χ0v) is 16.5. The molecule has 1 fully saturated rings. The first-order valence-electron chi connectivity index (χ1n) is 10.6. The molecule has 0 radical (unpaired) electrons. The average molecular weight is 373 g/mol. The van der Waals surface area contributed by atoms with E-state index in [0.29, 0.717) is 6.61 Å². The summed E-state index contributed by atoms with van der Waals surface area (Å²) in [5.41, 5.74) is 0. The lowest BCUT2D eigenvalue weighted by molar-refractivity contribution is -0.211. The Labute approximate surface area is 159 Å². The third-order valence-electron chi connectivity index (χ3n) is 4.96. The van der Waals surface area contributed by atoms with Crippen LogP contribution in [-0.4, -0.2) is 59.6 Å². The number of rotatable bonds is 15. The Morgan fingerprint density at radius 3 is 2.19 bits per heavy atom. The second-order valence-electron chi connectivity index (χ2n) is 7.32. The summed E-state index contributed by atoms with van der Waals surface area (Å²) in [6.07, 6.45) is 14.9. The minimum atomic E-state index is -0.988. The highest BCUT2D eigenvalue weighted by Crippen LogP contribution is 2.19. The molecule has 0 aromatic heterocycles. The number of allylic oxidation sites excluding steroid dienone is 2. The number of unbranched alkanes of at least 4 members (excludes halogenated alkanes) is 9. The Kier molecular flexibility index (Phi) is 14.1. The molecule has 3 N–H and O–H groups in total. The van der Waals surface area contributed by atoms with Gasteiger partial charge in [-0.05, 0) is 25.7 Å². The maximum absolute atomic E-state index is 9.97. The summed E-state index contributed by atoms with van der Waals surface area (Å²) in [7, 11) is 0. The Morgan fingerprint density at radius 1 is 0.923 bits per heavy atom. The molecular formula is C21H40O5. The Bertz CT molecular complexity index is 345. The van der Waals surface area contributed by atoms with Gasteiger partial charge in [0, 0.05) is 6.61 Å². The highest BCUT2D eigenvalue weighted by atomic mass is 16.6. The van der Waals surface area contributed by atoms with Crippen LogP contribution >= 0.6 is 0 Å². The number of ether oxygens (including phenoxy) is 2. The van der Waals surface area contributed by atoms with Crippen LogP contribution < -0.4 is 0 Å². The summed E-state index contributed by atoms with van der Waals surface area (Å²) < 4.78 is 11.0. The molecule has 0 saturated carbocycles. The van der Waals surface area contributed by atoms with Gasteiger partial charge in [-0.1, -0.05) is 64.0 Å². The smallest absolute Gasteiger partial charge is 0.114 e. The molecule has 5 nitrogen and oxygen atoms in total. The van der Waals surface area contributed by atoms with Gasteiger partial charge in [0.1, 0.15) is 24.4 Å². The van der Waals surface area contributed by atoms with Crippen LogP contribution in [0.2, 0.25) is 0 Å². The topological polar surface area (TPSA) is 79.2 Å². The van der Waals surface area contributed by atoms with E-state index in [1.54, 1.807) is 0 Å². The first-order chi connectivity index (χ1) is 12.7. The molecule has 1 aliphatic heterocycles. The van der Waals surface area contributed by atoms with Crippen LogP contribution in [0.5, 0.6) is 0 Å². The normalized spacial score (nSPS) is 26.6. The Balaban J connectivity index is 1.92. The van der Waals surface area contributed by atoms with Gasteiger partial charge in [-0.25, -0.2) is 0 Å². The first kappa shape index (κ1) is 23.6. The van der Waals surface area contributed by atoms with Crippen molar-refractivity contribution in [3.05, 3.63) is 12.2 Å². The van der Waals surface area contributed by atoms with Gasteiger partial charge in [0.15, 0.2) is 0 Å². The lowest BCUT2D eigenvalue weighted by Gasteiger charge is -2.37. The fraction of sp³-hybridized carbons (Fsp3) is 0.905. The summed E-state index contributed by atoms with van der Waals surface area (Å²) in [5.74, 6) is 0. The molecular weight excluding hydrogens is 332 g/mol. The van der Waals surface area contributed by atoms with Crippen LogP contribution in [0.25, 0.3) is 0 Å². The SMILES string of the molecule is CCC/C=C/CCCCCCCCCCO[C@H]1[C@H](O)[C@@H](O)CO[C@@H]1CO. The van der Waals surface area contributed by atoms with Crippen molar-refractivity contribution in [3.8, 4) is 0 Å². The lowest BCUT2D eigenvalue weighted by Crippen LogP contribution is -2.55. The summed E-state index contributed by atoms with van der Waals surface area (Å²) in [4.78, 5) is 0. The first-order valence-corrected chi connectivity index (χ1v) is 10.6. The zero-order valence-electron chi connectivity index (χ0n) is 16.5. The van der Waals surface area contributed by atoms with Gasteiger partial charge in [-0.15, -0.1) is 0 Å². The minimum Gasteiger partial charge on any atom is -0.394 e. The maximum Gasteiger partial charge on any atom is 0.114 e. The quantitative estimate of drug-likeness (QED) is 0.303. The second-order valence-corrected chi connectivity index (χ2v) is 7.32. The van der Waals surface area contributed by atoms with Crippen molar-refractivity contribution in [1.82, 2.24) is 0 Å². The molecule has 26 heavy (non-hydrogen) atoms. The predicted molar refractivity (Wildman–Crippen MR) is 104 cm³/mol. The van der Waals surface area contributed by atoms with Gasteiger partial charge in [0.2, 0.25) is 0 Å². The molecule has 1 rings (SSSR count). The third-order valence-corrected chi connectivity index (χ3v) is 4.96. The Hall–Kier alpha value is -0.460. The largest absolute Gasteiger partial charge is 0.394 e. The molecule has 0 amide bonds. The maximum atomic E-state index is 9.97. The minimum absolute atomic E-state index is 0.0429. The third kappa shape index (κ3) is 10.0. The molecule has 0 bridgehead atoms. The van der Waals surface area contributed by atoms with Gasteiger partial charge >= 0.3 is 0 Å². The van der Waals surface area contributed by atoms with Crippen LogP contribution in [0.1, 0.15) is 77.6 Å². The number of aliphatic hydroxyl groups is 3. The lowest BCUT2D eigenvalue weighted by atomic mass is 10.0. The summed E-state index contributed by atoms with van der Waals surface area (Å²) in [6, 6.07) is 0. The molecule has 5 heteroatoms. The van der Waals surface area contributed by atoms with Crippen LogP contribution in [-0.2, 0) is 9.47 Å². The second kappa shape index (κ2) is 15.6. The van der Waals surface area contributed by atoms with Gasteiger partial charge in [0.25, 0.3) is 0 Å². The van der Waals surface area contributed by atoms with Gasteiger partial charge in [-0.3, -0.25) is 0 Å². The molecule has 1 aliphatic rings. The van der Waals surface area contributed by atoms with Crippen LogP contribution in [0.4, 0.5) is 0 Å². The molecule has 0 aromatic rings. The van der Waals surface area contributed by atoms with Crippen molar-refractivity contribution in [1.29, 1.82) is 0 Å². The van der Waals surface area contributed by atoms with Crippen LogP contribution in [0.3, 0.4) is 0 Å². The van der Waals surface area contributed by atoms with E-state index in [1.165, 1.54) is 57.8 Å². The highest BCUT2D eigenvalue weighted by molar-refractivity contribution is 4.87. The molecule has 154 valence electrons. The van der Waals surface area contributed by atoms with Crippen molar-refractivity contribution in [2.24, 2.45) is 0 Å². The fourth-order valence-electron chi connectivity index (χ4n) is 3.26. The highest BCUT2D eigenvalue weighted by Gasteiger charge is 2.39. The summed E-state index contributed by atoms with van der Waals surface area (Å²) >= 11 is 0. The molecule has 0 spiro atoms. The average Bonchev–Trinajstić information content (AvgIpc) is 2.65. The molecule has 0 unspecified atom stereocenters. The summed E-state index contributed by atoms with van der Waals surface area (Å²) in [5, 5.41) is 28.9. The van der Waals surface area contributed by atoms with Gasteiger partial charge < -0.3 is 24.8 Å². The van der Waals surface area contributed by atoms with Crippen molar-refractivity contribution in [2.45, 2.75) is 102 Å². The molecule has 1 heterocycles. The molecule has 4 atom stereocenters. The Morgan fingerprint density at radius 2 is 1.54 bits per heavy atom. The van der Waals surface area contributed by atoms with Crippen molar-refractivity contribution >= 4 is 0 Å². The summed E-state index contributed by atoms with van der Waals surface area (Å²) in [6.45, 7) is 2.57. The van der Waals surface area contributed by atoms with E-state index in [2.05, 4.69) is 19.1 Å².